The van der Waals surface area contributed by atoms with Crippen LogP contribution >= 0.6 is 0 Å². The molecular weight excluding hydrogens is 228 g/mol. The summed E-state index contributed by atoms with van der Waals surface area (Å²) >= 11 is 0. The Labute approximate surface area is 108 Å². The van der Waals surface area contributed by atoms with Crippen LogP contribution in [-0.2, 0) is 6.54 Å². The van der Waals surface area contributed by atoms with Crippen molar-refractivity contribution in [3.63, 3.8) is 0 Å². The summed E-state index contributed by atoms with van der Waals surface area (Å²) < 4.78 is 0. The molecule has 0 aromatic heterocycles. The number of rotatable bonds is 5. The van der Waals surface area contributed by atoms with Gasteiger partial charge in [0.15, 0.2) is 0 Å². The Balaban J connectivity index is 1.79. The van der Waals surface area contributed by atoms with Gasteiger partial charge in [-0.25, -0.2) is 4.79 Å². The molecule has 1 atom stereocenters. The molecule has 1 unspecified atom stereocenters. The molecule has 2 rings (SSSR count). The largest absolute Gasteiger partial charge is 0.478 e. The molecule has 1 saturated heterocycles. The van der Waals surface area contributed by atoms with E-state index < -0.39 is 5.97 Å². The van der Waals surface area contributed by atoms with Crippen LogP contribution in [0.5, 0.6) is 0 Å². The molecule has 4 heteroatoms. The minimum Gasteiger partial charge on any atom is -0.478 e. The van der Waals surface area contributed by atoms with Gasteiger partial charge in [-0.1, -0.05) is 12.1 Å². The van der Waals surface area contributed by atoms with E-state index in [2.05, 4.69) is 17.3 Å². The SMILES string of the molecule is CN1CCC(CNCc2cccc(C(=O)O)c2)C1. The van der Waals surface area contributed by atoms with Gasteiger partial charge in [-0.05, 0) is 50.2 Å². The number of nitrogens with one attached hydrogen (secondary N) is 1. The highest BCUT2D eigenvalue weighted by Gasteiger charge is 2.18. The van der Waals surface area contributed by atoms with Crippen molar-refractivity contribution < 1.29 is 9.90 Å². The smallest absolute Gasteiger partial charge is 0.335 e. The third-order valence-electron chi connectivity index (χ3n) is 3.43. The molecule has 1 aliphatic rings. The van der Waals surface area contributed by atoms with E-state index in [0.29, 0.717) is 5.56 Å². The molecule has 4 nitrogen and oxygen atoms in total. The van der Waals surface area contributed by atoms with Crippen molar-refractivity contribution in [3.05, 3.63) is 35.4 Å². The van der Waals surface area contributed by atoms with E-state index in [-0.39, 0.29) is 0 Å². The normalized spacial score (nSPS) is 20.2. The van der Waals surface area contributed by atoms with Crippen LogP contribution in [0.15, 0.2) is 24.3 Å². The summed E-state index contributed by atoms with van der Waals surface area (Å²) in [6.45, 7) is 4.08. The fourth-order valence-corrected chi connectivity index (χ4v) is 2.43. The van der Waals surface area contributed by atoms with Crippen LogP contribution in [0.1, 0.15) is 22.3 Å². The summed E-state index contributed by atoms with van der Waals surface area (Å²) in [7, 11) is 2.15. The van der Waals surface area contributed by atoms with Crippen LogP contribution in [0.4, 0.5) is 0 Å². The zero-order valence-electron chi connectivity index (χ0n) is 10.7. The molecule has 0 amide bonds. The summed E-state index contributed by atoms with van der Waals surface area (Å²) in [5.41, 5.74) is 1.39. The maximum Gasteiger partial charge on any atom is 0.335 e. The molecule has 0 bridgehead atoms. The first-order chi connectivity index (χ1) is 8.65. The van der Waals surface area contributed by atoms with E-state index >= 15 is 0 Å². The molecule has 2 N–H and O–H groups in total. The monoisotopic (exact) mass is 248 g/mol. The van der Waals surface area contributed by atoms with Crippen molar-refractivity contribution in [2.75, 3.05) is 26.7 Å². The Morgan fingerprint density at radius 1 is 1.56 bits per heavy atom. The first-order valence-corrected chi connectivity index (χ1v) is 6.36. The van der Waals surface area contributed by atoms with E-state index in [1.165, 1.54) is 13.0 Å². The summed E-state index contributed by atoms with van der Waals surface area (Å²) in [4.78, 5) is 13.2. The van der Waals surface area contributed by atoms with Crippen molar-refractivity contribution >= 4 is 5.97 Å². The van der Waals surface area contributed by atoms with E-state index in [9.17, 15) is 4.79 Å². The van der Waals surface area contributed by atoms with Gasteiger partial charge in [-0.15, -0.1) is 0 Å². The van der Waals surface area contributed by atoms with Crippen LogP contribution in [0, 0.1) is 5.92 Å². The number of hydrogen-bond donors (Lipinski definition) is 2. The maximum absolute atomic E-state index is 10.8. The highest BCUT2D eigenvalue weighted by molar-refractivity contribution is 5.87. The van der Waals surface area contributed by atoms with E-state index in [0.717, 1.165) is 31.1 Å². The minimum absolute atomic E-state index is 0.356. The van der Waals surface area contributed by atoms with Crippen LogP contribution in [-0.4, -0.2) is 42.7 Å². The summed E-state index contributed by atoms with van der Waals surface area (Å²) in [5, 5.41) is 12.3. The number of carboxylic acids is 1. The lowest BCUT2D eigenvalue weighted by Gasteiger charge is -2.11. The molecule has 0 radical (unpaired) electrons. The standard InChI is InChI=1S/C14H20N2O2/c1-16-6-5-12(10-16)9-15-8-11-3-2-4-13(7-11)14(17)18/h2-4,7,12,15H,5-6,8-10H2,1H3,(H,17,18). The number of carbonyl (C=O) groups is 1. The molecule has 1 heterocycles. The van der Waals surface area contributed by atoms with Gasteiger partial charge in [0, 0.05) is 13.1 Å². The number of aromatic carboxylic acids is 1. The van der Waals surface area contributed by atoms with Gasteiger partial charge in [0.25, 0.3) is 0 Å². The van der Waals surface area contributed by atoms with Gasteiger partial charge < -0.3 is 15.3 Å². The highest BCUT2D eigenvalue weighted by Crippen LogP contribution is 2.13. The second-order valence-corrected chi connectivity index (χ2v) is 5.05. The molecule has 1 aliphatic heterocycles. The van der Waals surface area contributed by atoms with Crippen LogP contribution in [0.25, 0.3) is 0 Å². The number of nitrogens with zero attached hydrogens (tertiary/aromatic N) is 1. The van der Waals surface area contributed by atoms with Gasteiger partial charge in [-0.2, -0.15) is 0 Å². The zero-order valence-corrected chi connectivity index (χ0v) is 10.7. The fourth-order valence-electron chi connectivity index (χ4n) is 2.43. The molecular formula is C14H20N2O2. The third kappa shape index (κ3) is 3.55. The Bertz CT molecular complexity index is 420. The molecule has 1 aromatic carbocycles. The van der Waals surface area contributed by atoms with Crippen LogP contribution in [0.3, 0.4) is 0 Å². The van der Waals surface area contributed by atoms with Crippen molar-refractivity contribution in [3.8, 4) is 0 Å². The van der Waals surface area contributed by atoms with Gasteiger partial charge in [-0.3, -0.25) is 0 Å². The fraction of sp³-hybridized carbons (Fsp3) is 0.500. The Kier molecular flexibility index (Phi) is 4.33. The Morgan fingerprint density at radius 2 is 2.39 bits per heavy atom. The van der Waals surface area contributed by atoms with Crippen molar-refractivity contribution in [1.82, 2.24) is 10.2 Å². The molecule has 98 valence electrons. The molecule has 0 saturated carbocycles. The van der Waals surface area contributed by atoms with Crippen molar-refractivity contribution in [2.45, 2.75) is 13.0 Å². The Hall–Kier alpha value is -1.39. The lowest BCUT2D eigenvalue weighted by atomic mass is 10.1. The molecule has 18 heavy (non-hydrogen) atoms. The molecule has 1 aromatic rings. The molecule has 0 spiro atoms. The van der Waals surface area contributed by atoms with E-state index in [1.807, 2.05) is 6.07 Å². The van der Waals surface area contributed by atoms with E-state index in [1.54, 1.807) is 18.2 Å². The predicted molar refractivity (Wildman–Crippen MR) is 70.7 cm³/mol. The first-order valence-electron chi connectivity index (χ1n) is 6.36. The van der Waals surface area contributed by atoms with Crippen molar-refractivity contribution in [1.29, 1.82) is 0 Å². The third-order valence-corrected chi connectivity index (χ3v) is 3.43. The number of benzene rings is 1. The average molecular weight is 248 g/mol. The predicted octanol–water partition coefficient (Wildman–Crippen LogP) is 1.43. The van der Waals surface area contributed by atoms with E-state index in [4.69, 9.17) is 5.11 Å². The van der Waals surface area contributed by atoms with Crippen LogP contribution < -0.4 is 5.32 Å². The minimum atomic E-state index is -0.866. The van der Waals surface area contributed by atoms with Crippen LogP contribution in [0.2, 0.25) is 0 Å². The maximum atomic E-state index is 10.8. The zero-order chi connectivity index (χ0) is 13.0. The number of carboxylic acid groups (broad SMARTS) is 1. The van der Waals surface area contributed by atoms with Gasteiger partial charge in [0.2, 0.25) is 0 Å². The number of hydrogen-bond acceptors (Lipinski definition) is 3. The van der Waals surface area contributed by atoms with Gasteiger partial charge >= 0.3 is 5.97 Å². The summed E-state index contributed by atoms with van der Waals surface area (Å²) in [5.74, 6) is -0.146. The molecule has 1 fully saturated rings. The first kappa shape index (κ1) is 13.1. The number of likely N-dealkylation sites (tertiary alicyclic amines) is 1. The van der Waals surface area contributed by atoms with Gasteiger partial charge in [0.1, 0.15) is 0 Å². The highest BCUT2D eigenvalue weighted by atomic mass is 16.4. The lowest BCUT2D eigenvalue weighted by Crippen LogP contribution is -2.24. The van der Waals surface area contributed by atoms with Crippen molar-refractivity contribution in [2.24, 2.45) is 5.92 Å². The Morgan fingerprint density at radius 3 is 3.06 bits per heavy atom. The summed E-state index contributed by atoms with van der Waals surface area (Å²) in [6, 6.07) is 7.11. The quantitative estimate of drug-likeness (QED) is 0.827. The lowest BCUT2D eigenvalue weighted by molar-refractivity contribution is 0.0696. The van der Waals surface area contributed by atoms with Gasteiger partial charge in [0.05, 0.1) is 5.56 Å². The summed E-state index contributed by atoms with van der Waals surface area (Å²) in [6.07, 6.45) is 1.25. The molecule has 0 aliphatic carbocycles. The second kappa shape index (κ2) is 5.98. The topological polar surface area (TPSA) is 52.6 Å². The average Bonchev–Trinajstić information content (AvgIpc) is 2.75. The second-order valence-electron chi connectivity index (χ2n) is 5.05.